The summed E-state index contributed by atoms with van der Waals surface area (Å²) in [4.78, 5) is 17.3. The van der Waals surface area contributed by atoms with Crippen LogP contribution in [0.25, 0.3) is 10.2 Å². The quantitative estimate of drug-likeness (QED) is 0.266. The van der Waals surface area contributed by atoms with Crippen LogP contribution in [0.3, 0.4) is 0 Å². The summed E-state index contributed by atoms with van der Waals surface area (Å²) in [5, 5.41) is 9.42. The van der Waals surface area contributed by atoms with Gasteiger partial charge in [0.25, 0.3) is 0 Å². The highest BCUT2D eigenvalue weighted by molar-refractivity contribution is 8.00. The molecule has 7 nitrogen and oxygen atoms in total. The lowest BCUT2D eigenvalue weighted by molar-refractivity contribution is 0.102. The van der Waals surface area contributed by atoms with Crippen LogP contribution in [-0.4, -0.2) is 38.1 Å². The molecule has 1 aliphatic heterocycles. The summed E-state index contributed by atoms with van der Waals surface area (Å²) in [7, 11) is 0. The Bertz CT molecular complexity index is 1220. The number of nitrogens with zero attached hydrogens (tertiary/aromatic N) is 4. The van der Waals surface area contributed by atoms with Crippen molar-refractivity contribution in [3.63, 3.8) is 0 Å². The number of rotatable bonds is 8. The smallest absolute Gasteiger partial charge is 0.231 e. The van der Waals surface area contributed by atoms with E-state index >= 15 is 0 Å². The summed E-state index contributed by atoms with van der Waals surface area (Å²) in [6.45, 7) is 2.99. The molecule has 0 aliphatic carbocycles. The van der Waals surface area contributed by atoms with E-state index in [0.29, 0.717) is 22.8 Å². The molecule has 0 saturated heterocycles. The van der Waals surface area contributed by atoms with Gasteiger partial charge in [-0.2, -0.15) is 0 Å². The minimum Gasteiger partial charge on any atom is -0.454 e. The highest BCUT2D eigenvalue weighted by Gasteiger charge is 2.18. The number of thioether (sulfide) groups is 2. The van der Waals surface area contributed by atoms with Crippen LogP contribution in [0.1, 0.15) is 23.1 Å². The molecule has 3 heterocycles. The second-order valence-electron chi connectivity index (χ2n) is 6.66. The number of carbonyl (C=O) groups excluding carboxylic acids is 1. The number of carbonyl (C=O) groups is 1. The standard InChI is InChI=1S/C21H18N4O3S3/c1-2-25-19(11-30-21-22-14-5-3-4-6-18(14)31-21)23-24-20(25)29-10-15(26)13-7-8-16-17(9-13)28-12-27-16/h3-9H,2,10-12H2,1H3. The van der Waals surface area contributed by atoms with E-state index in [-0.39, 0.29) is 18.3 Å². The number of ketones is 1. The molecule has 2 aromatic heterocycles. The third-order valence-corrected chi connectivity index (χ3v) is 7.88. The molecule has 4 aromatic rings. The van der Waals surface area contributed by atoms with E-state index < -0.39 is 0 Å². The van der Waals surface area contributed by atoms with E-state index in [1.807, 2.05) is 18.2 Å². The third kappa shape index (κ3) is 4.28. The van der Waals surface area contributed by atoms with Crippen molar-refractivity contribution in [1.29, 1.82) is 0 Å². The van der Waals surface area contributed by atoms with Gasteiger partial charge in [-0.1, -0.05) is 35.7 Å². The molecule has 1 aliphatic rings. The topological polar surface area (TPSA) is 79.1 Å². The highest BCUT2D eigenvalue weighted by Crippen LogP contribution is 2.34. The van der Waals surface area contributed by atoms with E-state index in [1.54, 1.807) is 41.3 Å². The summed E-state index contributed by atoms with van der Waals surface area (Å²) in [5.74, 6) is 3.14. The zero-order valence-electron chi connectivity index (χ0n) is 16.6. The lowest BCUT2D eigenvalue weighted by Gasteiger charge is -2.06. The molecule has 0 saturated carbocycles. The fraction of sp³-hybridized carbons (Fsp3) is 0.238. The maximum Gasteiger partial charge on any atom is 0.231 e. The predicted molar refractivity (Wildman–Crippen MR) is 122 cm³/mol. The van der Waals surface area contributed by atoms with Crippen LogP contribution < -0.4 is 9.47 Å². The second-order valence-corrected chi connectivity index (χ2v) is 9.85. The van der Waals surface area contributed by atoms with Crippen molar-refractivity contribution >= 4 is 50.9 Å². The molecular formula is C21H18N4O3S3. The first-order valence-corrected chi connectivity index (χ1v) is 12.5. The summed E-state index contributed by atoms with van der Waals surface area (Å²) in [6.07, 6.45) is 0. The Morgan fingerprint density at radius 1 is 1.13 bits per heavy atom. The zero-order valence-corrected chi connectivity index (χ0v) is 19.1. The molecule has 0 radical (unpaired) electrons. The van der Waals surface area contributed by atoms with Gasteiger partial charge in [0.05, 0.1) is 21.7 Å². The normalized spacial score (nSPS) is 12.5. The molecular weight excluding hydrogens is 452 g/mol. The Kier molecular flexibility index (Phi) is 5.84. The number of thiazole rings is 1. The van der Waals surface area contributed by atoms with Crippen molar-refractivity contribution in [3.05, 3.63) is 53.9 Å². The summed E-state index contributed by atoms with van der Waals surface area (Å²) < 4.78 is 14.9. The Hall–Kier alpha value is -2.56. The minimum atomic E-state index is 0.0133. The van der Waals surface area contributed by atoms with Crippen LogP contribution in [0.2, 0.25) is 0 Å². The number of aromatic nitrogens is 4. The number of para-hydroxylation sites is 1. The predicted octanol–water partition coefficient (Wildman–Crippen LogP) is 4.90. The van der Waals surface area contributed by atoms with E-state index in [1.165, 1.54) is 16.5 Å². The van der Waals surface area contributed by atoms with Crippen LogP contribution in [0.4, 0.5) is 0 Å². The Balaban J connectivity index is 1.23. The Labute approximate surface area is 191 Å². The molecule has 0 amide bonds. The van der Waals surface area contributed by atoms with Gasteiger partial charge in [0, 0.05) is 12.1 Å². The molecule has 0 bridgehead atoms. The van der Waals surface area contributed by atoms with Gasteiger partial charge >= 0.3 is 0 Å². The first kappa shape index (κ1) is 20.3. The van der Waals surface area contributed by atoms with Crippen molar-refractivity contribution in [3.8, 4) is 11.5 Å². The lowest BCUT2D eigenvalue weighted by atomic mass is 10.1. The fourth-order valence-electron chi connectivity index (χ4n) is 3.17. The Morgan fingerprint density at radius 2 is 2.00 bits per heavy atom. The number of Topliss-reactive ketones (excluding diaryl/α,β-unsaturated/α-hetero) is 1. The van der Waals surface area contributed by atoms with Gasteiger partial charge in [-0.25, -0.2) is 4.98 Å². The van der Waals surface area contributed by atoms with Gasteiger partial charge in [0.1, 0.15) is 5.82 Å². The SMILES string of the molecule is CCn1c(CSc2nc3ccccc3s2)nnc1SCC(=O)c1ccc2c(c1)OCO2. The number of fused-ring (bicyclic) bond motifs is 2. The highest BCUT2D eigenvalue weighted by atomic mass is 32.2. The van der Waals surface area contributed by atoms with Gasteiger partial charge in [0.15, 0.2) is 26.8 Å². The van der Waals surface area contributed by atoms with Crippen LogP contribution in [0.15, 0.2) is 52.0 Å². The van der Waals surface area contributed by atoms with E-state index in [0.717, 1.165) is 27.4 Å². The molecule has 0 unspecified atom stereocenters. The maximum absolute atomic E-state index is 12.6. The maximum atomic E-state index is 12.6. The van der Waals surface area contributed by atoms with E-state index in [2.05, 4.69) is 32.7 Å². The van der Waals surface area contributed by atoms with Crippen molar-refractivity contribution in [1.82, 2.24) is 19.7 Å². The molecule has 0 atom stereocenters. The van der Waals surface area contributed by atoms with Crippen molar-refractivity contribution in [2.75, 3.05) is 12.5 Å². The lowest BCUT2D eigenvalue weighted by Crippen LogP contribution is -2.06. The van der Waals surface area contributed by atoms with Crippen molar-refractivity contribution in [2.24, 2.45) is 0 Å². The van der Waals surface area contributed by atoms with E-state index in [9.17, 15) is 4.79 Å². The number of hydrogen-bond acceptors (Lipinski definition) is 9. The minimum absolute atomic E-state index is 0.0133. The molecule has 0 N–H and O–H groups in total. The van der Waals surface area contributed by atoms with Crippen LogP contribution >= 0.6 is 34.9 Å². The molecule has 158 valence electrons. The average molecular weight is 471 g/mol. The van der Waals surface area contributed by atoms with Crippen LogP contribution in [-0.2, 0) is 12.3 Å². The largest absolute Gasteiger partial charge is 0.454 e. The second kappa shape index (κ2) is 8.89. The van der Waals surface area contributed by atoms with Crippen molar-refractivity contribution in [2.45, 2.75) is 28.7 Å². The molecule has 0 fully saturated rings. The van der Waals surface area contributed by atoms with Gasteiger partial charge in [-0.15, -0.1) is 21.5 Å². The first-order chi connectivity index (χ1) is 15.2. The van der Waals surface area contributed by atoms with Gasteiger partial charge in [-0.3, -0.25) is 4.79 Å². The molecule has 0 spiro atoms. The number of benzene rings is 2. The molecule has 10 heteroatoms. The average Bonchev–Trinajstić information content (AvgIpc) is 3.52. The fourth-order valence-corrected chi connectivity index (χ4v) is 6.10. The first-order valence-electron chi connectivity index (χ1n) is 9.67. The monoisotopic (exact) mass is 470 g/mol. The molecule has 31 heavy (non-hydrogen) atoms. The summed E-state index contributed by atoms with van der Waals surface area (Å²) >= 11 is 4.74. The summed E-state index contributed by atoms with van der Waals surface area (Å²) in [6, 6.07) is 13.4. The third-order valence-electron chi connectivity index (χ3n) is 4.74. The van der Waals surface area contributed by atoms with Gasteiger partial charge in [0.2, 0.25) is 6.79 Å². The van der Waals surface area contributed by atoms with E-state index in [4.69, 9.17) is 9.47 Å². The molecule has 5 rings (SSSR count). The number of hydrogen-bond donors (Lipinski definition) is 0. The van der Waals surface area contributed by atoms with Gasteiger partial charge in [-0.05, 0) is 37.3 Å². The number of ether oxygens (including phenoxy) is 2. The summed E-state index contributed by atoms with van der Waals surface area (Å²) in [5.41, 5.74) is 1.62. The Morgan fingerprint density at radius 3 is 2.87 bits per heavy atom. The van der Waals surface area contributed by atoms with Crippen molar-refractivity contribution < 1.29 is 14.3 Å². The van der Waals surface area contributed by atoms with Crippen LogP contribution in [0.5, 0.6) is 11.5 Å². The zero-order chi connectivity index (χ0) is 21.2. The van der Waals surface area contributed by atoms with Gasteiger partial charge < -0.3 is 14.0 Å². The molecule has 2 aromatic carbocycles. The van der Waals surface area contributed by atoms with Crippen LogP contribution in [0, 0.1) is 0 Å².